The molecule has 1 heterocycles. The monoisotopic (exact) mass is 729 g/mol. The van der Waals surface area contributed by atoms with Crippen LogP contribution in [-0.2, 0) is 22.9 Å². The molecule has 0 spiro atoms. The first-order chi connectivity index (χ1) is 25.3. The molecule has 1 aliphatic rings. The Bertz CT molecular complexity index is 2370. The average Bonchev–Trinajstić information content (AvgIpc) is 3.61. The van der Waals surface area contributed by atoms with Crippen LogP contribution in [0.2, 0.25) is 0 Å². The Morgan fingerprint density at radius 1 is 0.736 bits per heavy atom. The van der Waals surface area contributed by atoms with Crippen LogP contribution in [0.5, 0.6) is 0 Å². The molecule has 0 radical (unpaired) electrons. The van der Waals surface area contributed by atoms with Crippen molar-refractivity contribution in [3.05, 3.63) is 148 Å². The van der Waals surface area contributed by atoms with E-state index in [0.29, 0.717) is 27.8 Å². The van der Waals surface area contributed by atoms with Crippen LogP contribution in [-0.4, -0.2) is 29.1 Å². The van der Waals surface area contributed by atoms with Crippen molar-refractivity contribution in [2.75, 3.05) is 11.9 Å². The third-order valence-corrected chi connectivity index (χ3v) is 9.46. The van der Waals surface area contributed by atoms with E-state index in [4.69, 9.17) is 4.42 Å². The van der Waals surface area contributed by atoms with Crippen LogP contribution >= 0.6 is 0 Å². The number of fused-ring (bicyclic) bond motifs is 4. The molecule has 2 N–H and O–H groups in total. The summed E-state index contributed by atoms with van der Waals surface area (Å²) in [6.07, 6.45) is -8.84. The van der Waals surface area contributed by atoms with Gasteiger partial charge < -0.3 is 15.1 Å². The molecule has 0 aliphatic heterocycles. The Hall–Kier alpha value is -6.11. The van der Waals surface area contributed by atoms with Crippen LogP contribution in [0.15, 0.2) is 124 Å². The largest absolute Gasteiger partial charge is 0.419 e. The van der Waals surface area contributed by atoms with Crippen LogP contribution in [0.3, 0.4) is 0 Å². The molecular weight excluding hydrogens is 700 g/mol. The second-order valence-electron chi connectivity index (χ2n) is 12.7. The minimum absolute atomic E-state index is 0.0661. The van der Waals surface area contributed by atoms with Gasteiger partial charge in [0.25, 0.3) is 5.91 Å². The van der Waals surface area contributed by atoms with Gasteiger partial charge in [0.15, 0.2) is 5.58 Å². The number of nitrogens with zero attached hydrogens (tertiary/aromatic N) is 1. The molecule has 5 aromatic carbocycles. The van der Waals surface area contributed by atoms with Gasteiger partial charge in [0, 0.05) is 23.9 Å². The molecule has 270 valence electrons. The zero-order valence-electron chi connectivity index (χ0n) is 27.6. The lowest BCUT2D eigenvalue weighted by molar-refractivity contribution is -0.141. The molecule has 0 fully saturated rings. The van der Waals surface area contributed by atoms with E-state index >= 15 is 0 Å². The standard InChI is InChI=1S/C40H29F6N3O4/c41-39(42,43)23-47-36(51)38(31-12-5-3-9-28(31)29-10-4-6-13-32(29)38)20-7-21-49-33-19-18-26(22-34(33)53-37(49)52)48-35(50)30-11-2-1-8-27(30)24-14-16-25(17-15-24)40(44,45)46/h1-6,8-19,22H,7,20-21,23H2,(H,47,51)(H,48,50). The Morgan fingerprint density at radius 2 is 1.34 bits per heavy atom. The van der Waals surface area contributed by atoms with Crippen LogP contribution in [0.1, 0.15) is 39.9 Å². The van der Waals surface area contributed by atoms with Crippen molar-refractivity contribution in [2.45, 2.75) is 37.2 Å². The molecule has 0 atom stereocenters. The molecule has 1 aromatic heterocycles. The van der Waals surface area contributed by atoms with Gasteiger partial charge in [0.1, 0.15) is 12.0 Å². The summed E-state index contributed by atoms with van der Waals surface area (Å²) in [6, 6.07) is 29.7. The van der Waals surface area contributed by atoms with Gasteiger partial charge >= 0.3 is 18.1 Å². The maximum atomic E-state index is 13.8. The molecule has 53 heavy (non-hydrogen) atoms. The number of halogens is 6. The molecule has 1 aliphatic carbocycles. The van der Waals surface area contributed by atoms with E-state index in [9.17, 15) is 40.7 Å². The fraction of sp³-hybridized carbons (Fsp3) is 0.175. The lowest BCUT2D eigenvalue weighted by atomic mass is 9.73. The second-order valence-corrected chi connectivity index (χ2v) is 12.7. The first-order valence-corrected chi connectivity index (χ1v) is 16.5. The normalized spacial score (nSPS) is 13.4. The van der Waals surface area contributed by atoms with E-state index in [0.717, 1.165) is 23.3 Å². The molecular formula is C40H29F6N3O4. The maximum Gasteiger partial charge on any atom is 0.419 e. The van der Waals surface area contributed by atoms with Crippen molar-refractivity contribution in [1.82, 2.24) is 9.88 Å². The highest BCUT2D eigenvalue weighted by Gasteiger charge is 2.49. The minimum atomic E-state index is -4.62. The highest BCUT2D eigenvalue weighted by molar-refractivity contribution is 6.09. The number of carbonyl (C=O) groups is 2. The molecule has 2 amide bonds. The van der Waals surface area contributed by atoms with Gasteiger partial charge in [-0.1, -0.05) is 78.9 Å². The van der Waals surface area contributed by atoms with Crippen LogP contribution in [0.4, 0.5) is 32.0 Å². The van der Waals surface area contributed by atoms with E-state index in [2.05, 4.69) is 10.6 Å². The van der Waals surface area contributed by atoms with Crippen LogP contribution in [0.25, 0.3) is 33.4 Å². The number of alkyl halides is 6. The molecule has 13 heteroatoms. The van der Waals surface area contributed by atoms with Crippen LogP contribution < -0.4 is 16.4 Å². The number of benzene rings is 5. The molecule has 6 aromatic rings. The smallest absolute Gasteiger partial charge is 0.408 e. The van der Waals surface area contributed by atoms with E-state index in [1.54, 1.807) is 66.7 Å². The van der Waals surface area contributed by atoms with Crippen molar-refractivity contribution in [2.24, 2.45) is 0 Å². The highest BCUT2D eigenvalue weighted by Crippen LogP contribution is 2.51. The minimum Gasteiger partial charge on any atom is -0.408 e. The average molecular weight is 730 g/mol. The number of aryl methyl sites for hydroxylation is 1. The number of hydrogen-bond donors (Lipinski definition) is 2. The summed E-state index contributed by atoms with van der Waals surface area (Å²) in [5.41, 5.74) is 2.22. The fourth-order valence-corrected chi connectivity index (χ4v) is 7.11. The Morgan fingerprint density at radius 3 is 1.96 bits per heavy atom. The number of amides is 2. The molecule has 0 unspecified atom stereocenters. The lowest BCUT2D eigenvalue weighted by Crippen LogP contribution is -2.47. The summed E-state index contributed by atoms with van der Waals surface area (Å²) >= 11 is 0. The van der Waals surface area contributed by atoms with E-state index in [1.165, 1.54) is 28.8 Å². The number of oxazole rings is 1. The first kappa shape index (κ1) is 35.3. The highest BCUT2D eigenvalue weighted by atomic mass is 19.4. The van der Waals surface area contributed by atoms with E-state index in [-0.39, 0.29) is 36.2 Å². The summed E-state index contributed by atoms with van der Waals surface area (Å²) in [7, 11) is 0. The molecule has 7 rings (SSSR count). The summed E-state index contributed by atoms with van der Waals surface area (Å²) in [5.74, 6) is -2.05. The SMILES string of the molecule is O=C(Nc1ccc2c(c1)oc(=O)n2CCCC1(C(=O)NCC(F)(F)F)c2ccccc2-c2ccccc21)c1ccccc1-c1ccc(C(F)(F)F)cc1. The van der Waals surface area contributed by atoms with Gasteiger partial charge in [-0.2, -0.15) is 26.3 Å². The van der Waals surface area contributed by atoms with Crippen molar-refractivity contribution >= 4 is 28.6 Å². The van der Waals surface area contributed by atoms with Gasteiger partial charge in [-0.25, -0.2) is 4.79 Å². The van der Waals surface area contributed by atoms with Crippen molar-refractivity contribution in [3.8, 4) is 22.3 Å². The second kappa shape index (κ2) is 13.5. The van der Waals surface area contributed by atoms with Gasteiger partial charge in [-0.05, 0) is 76.6 Å². The summed E-state index contributed by atoms with van der Waals surface area (Å²) in [4.78, 5) is 40.3. The number of carbonyl (C=O) groups excluding carboxylic acids is 2. The van der Waals surface area contributed by atoms with Crippen molar-refractivity contribution < 1.29 is 40.3 Å². The number of hydrogen-bond acceptors (Lipinski definition) is 4. The third-order valence-electron chi connectivity index (χ3n) is 9.46. The quantitative estimate of drug-likeness (QED) is 0.145. The maximum absolute atomic E-state index is 13.8. The molecule has 0 bridgehead atoms. The number of rotatable bonds is 9. The Balaban J connectivity index is 1.12. The molecule has 0 saturated carbocycles. The number of aromatic nitrogens is 1. The predicted molar refractivity (Wildman–Crippen MR) is 186 cm³/mol. The Labute approximate surface area is 297 Å². The van der Waals surface area contributed by atoms with Crippen molar-refractivity contribution in [3.63, 3.8) is 0 Å². The fourth-order valence-electron chi connectivity index (χ4n) is 7.11. The number of anilines is 1. The predicted octanol–water partition coefficient (Wildman–Crippen LogP) is 8.96. The molecule has 0 saturated heterocycles. The number of nitrogens with one attached hydrogen (secondary N) is 2. The van der Waals surface area contributed by atoms with Gasteiger partial charge in [0.2, 0.25) is 5.91 Å². The van der Waals surface area contributed by atoms with Crippen LogP contribution in [0, 0.1) is 0 Å². The Kier molecular flexibility index (Phi) is 8.96. The third kappa shape index (κ3) is 6.70. The van der Waals surface area contributed by atoms with Gasteiger partial charge in [-0.3, -0.25) is 14.2 Å². The zero-order chi connectivity index (χ0) is 37.5. The van der Waals surface area contributed by atoms with Gasteiger partial charge in [-0.15, -0.1) is 0 Å². The van der Waals surface area contributed by atoms with E-state index in [1.807, 2.05) is 12.1 Å². The van der Waals surface area contributed by atoms with Gasteiger partial charge in [0.05, 0.1) is 11.1 Å². The first-order valence-electron chi connectivity index (χ1n) is 16.5. The summed E-state index contributed by atoms with van der Waals surface area (Å²) in [6.45, 7) is -1.43. The lowest BCUT2D eigenvalue weighted by Gasteiger charge is -2.31. The van der Waals surface area contributed by atoms with E-state index < -0.39 is 47.4 Å². The van der Waals surface area contributed by atoms with Crippen molar-refractivity contribution in [1.29, 1.82) is 0 Å². The summed E-state index contributed by atoms with van der Waals surface area (Å²) in [5, 5.41) is 4.85. The summed E-state index contributed by atoms with van der Waals surface area (Å²) < 4.78 is 85.9. The zero-order valence-corrected chi connectivity index (χ0v) is 27.6. The molecule has 7 nitrogen and oxygen atoms in total. The topological polar surface area (TPSA) is 93.3 Å².